The molecule has 0 bridgehead atoms. The van der Waals surface area contributed by atoms with E-state index in [1.165, 1.54) is 12.1 Å². The van der Waals surface area contributed by atoms with E-state index in [0.717, 1.165) is 21.9 Å². The number of benzene rings is 2. The van der Waals surface area contributed by atoms with Gasteiger partial charge in [-0.25, -0.2) is 8.42 Å². The van der Waals surface area contributed by atoms with Gasteiger partial charge in [0.2, 0.25) is 0 Å². The van der Waals surface area contributed by atoms with Crippen LogP contribution in [0.3, 0.4) is 0 Å². The summed E-state index contributed by atoms with van der Waals surface area (Å²) in [7, 11) is -4.38. The Morgan fingerprint density at radius 3 is 2.29 bits per heavy atom. The molecule has 0 heterocycles. The molecule has 0 saturated heterocycles. The Morgan fingerprint density at radius 2 is 1.71 bits per heavy atom. The molecule has 17 heavy (non-hydrogen) atoms. The average molecular weight is 258 g/mol. The summed E-state index contributed by atoms with van der Waals surface area (Å²) in [6, 6.07) is 8.47. The first-order valence-electron chi connectivity index (χ1n) is 4.85. The molecule has 0 radical (unpaired) electrons. The van der Waals surface area contributed by atoms with Crippen LogP contribution in [0.5, 0.6) is 0 Å². The summed E-state index contributed by atoms with van der Waals surface area (Å²) in [6.07, 6.45) is 0. The van der Waals surface area contributed by atoms with Crippen molar-refractivity contribution in [3.05, 3.63) is 41.5 Å². The molecule has 0 fully saturated rings. The van der Waals surface area contributed by atoms with Gasteiger partial charge in [-0.15, -0.1) is 0 Å². The molecule has 0 unspecified atom stereocenters. The van der Waals surface area contributed by atoms with Crippen molar-refractivity contribution in [2.75, 3.05) is 0 Å². The Labute approximate surface area is 123 Å². The van der Waals surface area contributed by atoms with Gasteiger partial charge in [-0.3, -0.25) is 0 Å². The third-order valence-corrected chi connectivity index (χ3v) is 3.46. The molecule has 2 rings (SSSR count). The Morgan fingerprint density at radius 1 is 1.06 bits per heavy atom. The zero-order chi connectivity index (χ0) is 11.9. The summed E-state index contributed by atoms with van der Waals surface area (Å²) in [4.78, 5) is -0.164. The number of hydrogen-bond donors (Lipinski definition) is 0. The molecular weight excluding hydrogens is 247 g/mol. The molecule has 0 spiro atoms. The van der Waals surface area contributed by atoms with E-state index >= 15 is 0 Å². The van der Waals surface area contributed by atoms with Crippen molar-refractivity contribution in [1.29, 1.82) is 0 Å². The molecule has 0 amide bonds. The number of fused-ring (bicyclic) bond motifs is 1. The minimum absolute atomic E-state index is 0. The molecule has 2 aromatic carbocycles. The van der Waals surface area contributed by atoms with E-state index < -0.39 is 10.1 Å². The van der Waals surface area contributed by atoms with Crippen molar-refractivity contribution in [2.45, 2.75) is 18.7 Å². The van der Waals surface area contributed by atoms with Crippen LogP contribution in [-0.4, -0.2) is 13.0 Å². The monoisotopic (exact) mass is 258 g/mol. The number of rotatable bonds is 1. The van der Waals surface area contributed by atoms with Crippen LogP contribution in [0, 0.1) is 13.8 Å². The number of hydrogen-bond acceptors (Lipinski definition) is 3. The molecular formula is C12H11NaO3S. The second kappa shape index (κ2) is 5.08. The third kappa shape index (κ3) is 2.89. The zero-order valence-electron chi connectivity index (χ0n) is 10.0. The van der Waals surface area contributed by atoms with Crippen LogP contribution in [0.15, 0.2) is 35.2 Å². The molecule has 2 aromatic rings. The molecule has 0 aliphatic carbocycles. The molecule has 84 valence electrons. The van der Waals surface area contributed by atoms with Crippen LogP contribution in [0.25, 0.3) is 10.8 Å². The molecule has 3 nitrogen and oxygen atoms in total. The van der Waals surface area contributed by atoms with E-state index in [1.54, 1.807) is 0 Å². The summed E-state index contributed by atoms with van der Waals surface area (Å²) in [5.74, 6) is 0. The van der Waals surface area contributed by atoms with Crippen molar-refractivity contribution in [1.82, 2.24) is 0 Å². The average Bonchev–Trinajstić information content (AvgIpc) is 2.15. The summed E-state index contributed by atoms with van der Waals surface area (Å²) in [5.41, 5.74) is 1.88. The fourth-order valence-corrected chi connectivity index (χ4v) is 2.57. The summed E-state index contributed by atoms with van der Waals surface area (Å²) in [6.45, 7) is 3.77. The van der Waals surface area contributed by atoms with E-state index in [2.05, 4.69) is 0 Å². The topological polar surface area (TPSA) is 57.2 Å². The van der Waals surface area contributed by atoms with Gasteiger partial charge >= 0.3 is 29.6 Å². The zero-order valence-corrected chi connectivity index (χ0v) is 12.8. The van der Waals surface area contributed by atoms with Crippen LogP contribution in [-0.2, 0) is 10.1 Å². The molecule has 0 aromatic heterocycles. The van der Waals surface area contributed by atoms with Crippen LogP contribution >= 0.6 is 0 Å². The Kier molecular flexibility index (Phi) is 4.38. The predicted octanol–water partition coefficient (Wildman–Crippen LogP) is -0.635. The molecule has 0 atom stereocenters. The maximum atomic E-state index is 11.0. The van der Waals surface area contributed by atoms with Crippen LogP contribution < -0.4 is 29.6 Å². The van der Waals surface area contributed by atoms with Gasteiger partial charge in [0.1, 0.15) is 10.1 Å². The van der Waals surface area contributed by atoms with Gasteiger partial charge in [-0.1, -0.05) is 18.2 Å². The Balaban J connectivity index is 0.00000144. The third-order valence-electron chi connectivity index (χ3n) is 2.64. The Hall–Kier alpha value is -0.390. The van der Waals surface area contributed by atoms with E-state index in [-0.39, 0.29) is 34.5 Å². The fraction of sp³-hybridized carbons (Fsp3) is 0.167. The first-order chi connectivity index (χ1) is 7.39. The molecule has 0 aliphatic heterocycles. The van der Waals surface area contributed by atoms with Gasteiger partial charge in [0.25, 0.3) is 0 Å². The molecule has 5 heteroatoms. The van der Waals surface area contributed by atoms with Gasteiger partial charge in [-0.2, -0.15) is 0 Å². The summed E-state index contributed by atoms with van der Waals surface area (Å²) >= 11 is 0. The van der Waals surface area contributed by atoms with Gasteiger partial charge in [0.05, 0.1) is 4.90 Å². The predicted molar refractivity (Wildman–Crippen MR) is 61.4 cm³/mol. The first-order valence-corrected chi connectivity index (χ1v) is 6.26. The van der Waals surface area contributed by atoms with E-state index in [0.29, 0.717) is 0 Å². The maximum absolute atomic E-state index is 11.0. The summed E-state index contributed by atoms with van der Waals surface area (Å²) < 4.78 is 32.9. The minimum Gasteiger partial charge on any atom is -0.744 e. The molecule has 0 aliphatic rings. The van der Waals surface area contributed by atoms with Gasteiger partial charge in [0, 0.05) is 0 Å². The second-order valence-electron chi connectivity index (χ2n) is 3.87. The van der Waals surface area contributed by atoms with Crippen molar-refractivity contribution in [2.24, 2.45) is 0 Å². The normalized spacial score (nSPS) is 11.2. The fourth-order valence-electron chi connectivity index (χ4n) is 1.97. The SMILES string of the molecule is Cc1cccc2cc(S(=O)(=O)[O-])cc(C)c12.[Na+]. The van der Waals surface area contributed by atoms with Gasteiger partial charge in [-0.05, 0) is 47.9 Å². The smallest absolute Gasteiger partial charge is 0.744 e. The van der Waals surface area contributed by atoms with Gasteiger partial charge in [0.15, 0.2) is 0 Å². The quantitative estimate of drug-likeness (QED) is 0.505. The van der Waals surface area contributed by atoms with Crippen LogP contribution in [0.4, 0.5) is 0 Å². The first kappa shape index (κ1) is 14.7. The molecule has 0 N–H and O–H groups in total. The van der Waals surface area contributed by atoms with Crippen molar-refractivity contribution < 1.29 is 42.5 Å². The van der Waals surface area contributed by atoms with E-state index in [1.807, 2.05) is 32.0 Å². The van der Waals surface area contributed by atoms with Crippen molar-refractivity contribution in [3.63, 3.8) is 0 Å². The minimum atomic E-state index is -4.38. The Bertz CT molecular complexity index is 663. The van der Waals surface area contributed by atoms with E-state index in [4.69, 9.17) is 0 Å². The van der Waals surface area contributed by atoms with E-state index in [9.17, 15) is 13.0 Å². The largest absolute Gasteiger partial charge is 1.00 e. The van der Waals surface area contributed by atoms with Gasteiger partial charge < -0.3 is 4.55 Å². The second-order valence-corrected chi connectivity index (χ2v) is 5.25. The van der Waals surface area contributed by atoms with Crippen molar-refractivity contribution >= 4 is 20.9 Å². The number of aryl methyl sites for hydroxylation is 2. The van der Waals surface area contributed by atoms with Crippen molar-refractivity contribution in [3.8, 4) is 0 Å². The summed E-state index contributed by atoms with van der Waals surface area (Å²) in [5, 5.41) is 1.80. The maximum Gasteiger partial charge on any atom is 1.00 e. The van der Waals surface area contributed by atoms with Crippen LogP contribution in [0.2, 0.25) is 0 Å². The molecule has 0 saturated carbocycles. The van der Waals surface area contributed by atoms with Crippen LogP contribution in [0.1, 0.15) is 11.1 Å². The standard InChI is InChI=1S/C12H12O3S.Na/c1-8-4-3-5-10-7-11(16(13,14)15)6-9(2)12(8)10;/h3-7H,1-2H3,(H,13,14,15);/q;+1/p-1.